The summed E-state index contributed by atoms with van der Waals surface area (Å²) in [6.45, 7) is 1.25. The van der Waals surface area contributed by atoms with Gasteiger partial charge in [0.25, 0.3) is 0 Å². The van der Waals surface area contributed by atoms with Crippen molar-refractivity contribution in [2.75, 3.05) is 20.1 Å². The summed E-state index contributed by atoms with van der Waals surface area (Å²) in [4.78, 5) is -0.483. The molecule has 0 bridgehead atoms. The fourth-order valence-corrected chi connectivity index (χ4v) is 3.71. The molecular formula is C14H20F2N2O2S. The summed E-state index contributed by atoms with van der Waals surface area (Å²) in [7, 11) is -2.51. The quantitative estimate of drug-likeness (QED) is 0.905. The molecule has 1 aromatic rings. The first-order chi connectivity index (χ1) is 9.91. The summed E-state index contributed by atoms with van der Waals surface area (Å²) in [5.74, 6) is -1.85. The van der Waals surface area contributed by atoms with Crippen LogP contribution in [0.15, 0.2) is 23.1 Å². The molecule has 1 fully saturated rings. The van der Waals surface area contributed by atoms with Gasteiger partial charge in [-0.3, -0.25) is 0 Å². The van der Waals surface area contributed by atoms with E-state index in [1.54, 1.807) is 0 Å². The molecule has 1 heterocycles. The number of benzene rings is 1. The molecule has 1 N–H and O–H groups in total. The van der Waals surface area contributed by atoms with Crippen LogP contribution in [0.5, 0.6) is 0 Å². The van der Waals surface area contributed by atoms with E-state index in [1.165, 1.54) is 7.05 Å². The molecule has 21 heavy (non-hydrogen) atoms. The fraction of sp³-hybridized carbons (Fsp3) is 0.571. The molecule has 0 amide bonds. The van der Waals surface area contributed by atoms with Crippen molar-refractivity contribution in [2.24, 2.45) is 0 Å². The van der Waals surface area contributed by atoms with Gasteiger partial charge in [0.1, 0.15) is 16.5 Å². The Morgan fingerprint density at radius 3 is 2.71 bits per heavy atom. The third kappa shape index (κ3) is 3.99. The van der Waals surface area contributed by atoms with Gasteiger partial charge in [0, 0.05) is 25.7 Å². The molecule has 1 aliphatic rings. The zero-order chi connectivity index (χ0) is 15.5. The number of sulfonamides is 1. The van der Waals surface area contributed by atoms with Crippen LogP contribution >= 0.6 is 0 Å². The molecule has 0 aromatic heterocycles. The van der Waals surface area contributed by atoms with Gasteiger partial charge >= 0.3 is 0 Å². The highest BCUT2D eigenvalue weighted by Gasteiger charge is 2.25. The number of rotatable bonds is 5. The van der Waals surface area contributed by atoms with Gasteiger partial charge in [-0.25, -0.2) is 21.5 Å². The topological polar surface area (TPSA) is 49.4 Å². The molecule has 118 valence electrons. The summed E-state index contributed by atoms with van der Waals surface area (Å²) in [5.41, 5.74) is 0. The van der Waals surface area contributed by atoms with Crippen LogP contribution in [0.25, 0.3) is 0 Å². The second kappa shape index (κ2) is 6.81. The van der Waals surface area contributed by atoms with Gasteiger partial charge in [-0.1, -0.05) is 6.42 Å². The Hall–Kier alpha value is -1.05. The first-order valence-electron chi connectivity index (χ1n) is 7.06. The summed E-state index contributed by atoms with van der Waals surface area (Å²) in [6.07, 6.45) is 3.99. The van der Waals surface area contributed by atoms with Crippen LogP contribution in [0.3, 0.4) is 0 Å². The Bertz CT molecular complexity index is 587. The van der Waals surface area contributed by atoms with E-state index >= 15 is 0 Å². The summed E-state index contributed by atoms with van der Waals surface area (Å²) >= 11 is 0. The molecule has 1 unspecified atom stereocenters. The third-order valence-electron chi connectivity index (χ3n) is 3.79. The molecular weight excluding hydrogens is 298 g/mol. The van der Waals surface area contributed by atoms with Crippen molar-refractivity contribution in [1.82, 2.24) is 9.62 Å². The van der Waals surface area contributed by atoms with E-state index in [-0.39, 0.29) is 0 Å². The Labute approximate surface area is 124 Å². The summed E-state index contributed by atoms with van der Waals surface area (Å²) in [6, 6.07) is 2.81. The lowest BCUT2D eigenvalue weighted by Crippen LogP contribution is -2.38. The van der Waals surface area contributed by atoms with Crippen LogP contribution in [-0.4, -0.2) is 38.9 Å². The molecule has 1 saturated heterocycles. The highest BCUT2D eigenvalue weighted by Crippen LogP contribution is 2.20. The predicted molar refractivity (Wildman–Crippen MR) is 76.4 cm³/mol. The monoisotopic (exact) mass is 318 g/mol. The van der Waals surface area contributed by atoms with Crippen LogP contribution in [0.4, 0.5) is 8.78 Å². The van der Waals surface area contributed by atoms with Gasteiger partial charge in [-0.15, -0.1) is 0 Å². The lowest BCUT2D eigenvalue weighted by atomic mass is 10.0. The number of hydrogen-bond acceptors (Lipinski definition) is 3. The predicted octanol–water partition coefficient (Wildman–Crippen LogP) is 2.12. The molecule has 2 rings (SSSR count). The fourth-order valence-electron chi connectivity index (χ4n) is 2.48. The van der Waals surface area contributed by atoms with Crippen LogP contribution in [0.2, 0.25) is 0 Å². The normalized spacial score (nSPS) is 19.9. The van der Waals surface area contributed by atoms with Gasteiger partial charge in [0.15, 0.2) is 0 Å². The second-order valence-electron chi connectivity index (χ2n) is 5.34. The van der Waals surface area contributed by atoms with Gasteiger partial charge in [-0.2, -0.15) is 0 Å². The number of piperidine rings is 1. The maximum absolute atomic E-state index is 13.6. The Balaban J connectivity index is 2.04. The van der Waals surface area contributed by atoms with Gasteiger partial charge < -0.3 is 5.32 Å². The zero-order valence-corrected chi connectivity index (χ0v) is 12.8. The minimum absolute atomic E-state index is 0.300. The molecule has 7 heteroatoms. The van der Waals surface area contributed by atoms with E-state index in [4.69, 9.17) is 0 Å². The van der Waals surface area contributed by atoms with E-state index in [2.05, 4.69) is 5.32 Å². The molecule has 1 atom stereocenters. The van der Waals surface area contributed by atoms with Crippen molar-refractivity contribution in [3.8, 4) is 0 Å². The van der Waals surface area contributed by atoms with Crippen molar-refractivity contribution in [2.45, 2.75) is 36.6 Å². The van der Waals surface area contributed by atoms with Crippen molar-refractivity contribution >= 4 is 10.0 Å². The first kappa shape index (κ1) is 16.3. The van der Waals surface area contributed by atoms with E-state index in [9.17, 15) is 17.2 Å². The standard InChI is InChI=1S/C14H20F2N2O2S/c1-18(9-7-12-4-2-3-8-17-12)21(19,20)14-6-5-11(15)10-13(14)16/h5-6,10,12,17H,2-4,7-9H2,1H3. The van der Waals surface area contributed by atoms with E-state index in [1.807, 2.05) is 0 Å². The minimum atomic E-state index is -3.92. The van der Waals surface area contributed by atoms with Gasteiger partial charge in [0.05, 0.1) is 0 Å². The number of hydrogen-bond donors (Lipinski definition) is 1. The smallest absolute Gasteiger partial charge is 0.245 e. The van der Waals surface area contributed by atoms with Crippen molar-refractivity contribution in [1.29, 1.82) is 0 Å². The second-order valence-corrected chi connectivity index (χ2v) is 7.35. The third-order valence-corrected chi connectivity index (χ3v) is 5.68. The largest absolute Gasteiger partial charge is 0.314 e. The molecule has 4 nitrogen and oxygen atoms in total. The van der Waals surface area contributed by atoms with Crippen molar-refractivity contribution in [3.05, 3.63) is 29.8 Å². The zero-order valence-electron chi connectivity index (χ0n) is 12.0. The van der Waals surface area contributed by atoms with Crippen LogP contribution in [0.1, 0.15) is 25.7 Å². The molecule has 1 aromatic carbocycles. The minimum Gasteiger partial charge on any atom is -0.314 e. The average Bonchev–Trinajstić information content (AvgIpc) is 2.45. The summed E-state index contributed by atoms with van der Waals surface area (Å²) in [5, 5.41) is 3.34. The average molecular weight is 318 g/mol. The van der Waals surface area contributed by atoms with Crippen LogP contribution < -0.4 is 5.32 Å². The Kier molecular flexibility index (Phi) is 5.29. The van der Waals surface area contributed by atoms with E-state index in [0.717, 1.165) is 42.2 Å². The number of halogens is 2. The SMILES string of the molecule is CN(CCC1CCCCN1)S(=O)(=O)c1ccc(F)cc1F. The van der Waals surface area contributed by atoms with Crippen molar-refractivity contribution < 1.29 is 17.2 Å². The number of nitrogens with zero attached hydrogens (tertiary/aromatic N) is 1. The highest BCUT2D eigenvalue weighted by atomic mass is 32.2. The maximum atomic E-state index is 13.6. The lowest BCUT2D eigenvalue weighted by Gasteiger charge is -2.25. The highest BCUT2D eigenvalue weighted by molar-refractivity contribution is 7.89. The van der Waals surface area contributed by atoms with E-state index < -0.39 is 26.6 Å². The van der Waals surface area contributed by atoms with Crippen LogP contribution in [0, 0.1) is 11.6 Å². The van der Waals surface area contributed by atoms with Crippen molar-refractivity contribution in [3.63, 3.8) is 0 Å². The van der Waals surface area contributed by atoms with Gasteiger partial charge in [0.2, 0.25) is 10.0 Å². The summed E-state index contributed by atoms with van der Waals surface area (Å²) < 4.78 is 52.2. The van der Waals surface area contributed by atoms with Crippen LogP contribution in [-0.2, 0) is 10.0 Å². The Morgan fingerprint density at radius 2 is 2.10 bits per heavy atom. The molecule has 0 aliphatic carbocycles. The molecule has 0 radical (unpaired) electrons. The van der Waals surface area contributed by atoms with E-state index in [0.29, 0.717) is 25.1 Å². The molecule has 1 aliphatic heterocycles. The Morgan fingerprint density at radius 1 is 1.33 bits per heavy atom. The first-order valence-corrected chi connectivity index (χ1v) is 8.50. The van der Waals surface area contributed by atoms with Gasteiger partial charge in [-0.05, 0) is 37.9 Å². The molecule has 0 spiro atoms. The lowest BCUT2D eigenvalue weighted by molar-refractivity contribution is 0.351. The molecule has 0 saturated carbocycles. The number of nitrogens with one attached hydrogen (secondary N) is 1. The maximum Gasteiger partial charge on any atom is 0.245 e.